The second-order valence-corrected chi connectivity index (χ2v) is 6.63. The maximum absolute atomic E-state index is 12.4. The van der Waals surface area contributed by atoms with Gasteiger partial charge in [-0.25, -0.2) is 14.8 Å². The highest BCUT2D eigenvalue weighted by molar-refractivity contribution is 7.09. The van der Waals surface area contributed by atoms with Crippen molar-refractivity contribution in [3.63, 3.8) is 0 Å². The summed E-state index contributed by atoms with van der Waals surface area (Å²) in [6.07, 6.45) is 4.64. The molecule has 6 heteroatoms. The molecule has 0 aliphatic rings. The molecule has 24 heavy (non-hydrogen) atoms. The first-order valence-electron chi connectivity index (χ1n) is 7.77. The molecule has 124 valence electrons. The minimum absolute atomic E-state index is 0.358. The zero-order valence-electron chi connectivity index (χ0n) is 13.7. The average Bonchev–Trinajstić information content (AvgIpc) is 3.21. The van der Waals surface area contributed by atoms with Crippen molar-refractivity contribution in [3.05, 3.63) is 70.2 Å². The number of carbonyl (C=O) groups excluding carboxylic acids is 1. The minimum atomic E-state index is -0.403. The quantitative estimate of drug-likeness (QED) is 0.641. The van der Waals surface area contributed by atoms with E-state index in [1.165, 1.54) is 16.9 Å². The summed E-state index contributed by atoms with van der Waals surface area (Å²) in [6, 6.07) is 10.1. The van der Waals surface area contributed by atoms with Crippen molar-refractivity contribution < 1.29 is 9.53 Å². The Kier molecular flexibility index (Phi) is 5.05. The third-order valence-corrected chi connectivity index (χ3v) is 4.54. The van der Waals surface area contributed by atoms with Crippen molar-refractivity contribution in [1.29, 1.82) is 0 Å². The van der Waals surface area contributed by atoms with Gasteiger partial charge in [-0.05, 0) is 25.3 Å². The van der Waals surface area contributed by atoms with E-state index in [-0.39, 0.29) is 0 Å². The van der Waals surface area contributed by atoms with Crippen LogP contribution in [0.1, 0.15) is 39.4 Å². The lowest BCUT2D eigenvalue weighted by molar-refractivity contribution is 0.0243. The lowest BCUT2D eigenvalue weighted by atomic mass is 10.1. The van der Waals surface area contributed by atoms with Crippen molar-refractivity contribution in [1.82, 2.24) is 14.5 Å². The van der Waals surface area contributed by atoms with Crippen LogP contribution in [0.5, 0.6) is 0 Å². The van der Waals surface area contributed by atoms with Gasteiger partial charge < -0.3 is 9.30 Å². The molecule has 0 N–H and O–H groups in total. The summed E-state index contributed by atoms with van der Waals surface area (Å²) in [4.78, 5) is 20.9. The Morgan fingerprint density at radius 2 is 2.12 bits per heavy atom. The van der Waals surface area contributed by atoms with Gasteiger partial charge in [-0.1, -0.05) is 30.3 Å². The van der Waals surface area contributed by atoms with Crippen molar-refractivity contribution in [2.75, 3.05) is 0 Å². The van der Waals surface area contributed by atoms with Crippen molar-refractivity contribution in [2.24, 2.45) is 7.05 Å². The molecule has 0 amide bonds. The highest BCUT2D eigenvalue weighted by Crippen LogP contribution is 2.23. The number of nitrogens with zero attached hydrogens (tertiary/aromatic N) is 3. The molecule has 0 unspecified atom stereocenters. The van der Waals surface area contributed by atoms with Crippen LogP contribution >= 0.6 is 11.3 Å². The molecule has 3 rings (SSSR count). The molecule has 1 aromatic carbocycles. The van der Waals surface area contributed by atoms with Crippen LogP contribution in [0.3, 0.4) is 0 Å². The molecule has 0 fully saturated rings. The van der Waals surface area contributed by atoms with E-state index in [1.54, 1.807) is 11.6 Å². The third kappa shape index (κ3) is 3.89. The lowest BCUT2D eigenvalue weighted by Gasteiger charge is -2.17. The van der Waals surface area contributed by atoms with Crippen molar-refractivity contribution in [2.45, 2.75) is 25.9 Å². The number of imidazole rings is 1. The van der Waals surface area contributed by atoms with Crippen LogP contribution in [-0.2, 0) is 18.2 Å². The Morgan fingerprint density at radius 1 is 1.33 bits per heavy atom. The summed E-state index contributed by atoms with van der Waals surface area (Å²) in [7, 11) is 1.90. The van der Waals surface area contributed by atoms with Crippen LogP contribution in [0.25, 0.3) is 0 Å². The van der Waals surface area contributed by atoms with Gasteiger partial charge in [-0.15, -0.1) is 11.3 Å². The van der Waals surface area contributed by atoms with E-state index in [9.17, 15) is 4.79 Å². The van der Waals surface area contributed by atoms with Crippen LogP contribution in [0.15, 0.2) is 48.1 Å². The van der Waals surface area contributed by atoms with Crippen LogP contribution in [0, 0.1) is 6.92 Å². The first-order chi connectivity index (χ1) is 11.6. The van der Waals surface area contributed by atoms with E-state index in [0.717, 1.165) is 17.3 Å². The van der Waals surface area contributed by atoms with Crippen molar-refractivity contribution in [3.8, 4) is 0 Å². The van der Waals surface area contributed by atoms with Crippen LogP contribution < -0.4 is 0 Å². The number of aryl methyl sites for hydroxylation is 3. The lowest BCUT2D eigenvalue weighted by Crippen LogP contribution is -2.16. The molecular weight excluding hydrogens is 322 g/mol. The number of rotatable bonds is 6. The smallest absolute Gasteiger partial charge is 0.358 e. The Labute approximate surface area is 145 Å². The Morgan fingerprint density at radius 3 is 2.75 bits per heavy atom. The summed E-state index contributed by atoms with van der Waals surface area (Å²) in [6.45, 7) is 1.87. The zero-order chi connectivity index (χ0) is 16.9. The molecule has 2 heterocycles. The number of aromatic nitrogens is 3. The number of hydrogen-bond donors (Lipinski definition) is 0. The second kappa shape index (κ2) is 7.40. The molecule has 0 saturated carbocycles. The first-order valence-corrected chi connectivity index (χ1v) is 8.65. The molecule has 0 spiro atoms. The summed E-state index contributed by atoms with van der Waals surface area (Å²) in [5.41, 5.74) is 1.56. The highest BCUT2D eigenvalue weighted by atomic mass is 32.1. The standard InChI is InChI=1S/C18H19N3O2S/c1-13-20-15(12-24-13)18(22)23-16(17-19-10-11-21(17)2)9-8-14-6-4-3-5-7-14/h3-7,10-12,16H,8-9H2,1-2H3/t16-/m1/s1. The normalized spacial score (nSPS) is 12.1. The van der Waals surface area contributed by atoms with E-state index >= 15 is 0 Å². The van der Waals surface area contributed by atoms with Gasteiger partial charge in [-0.2, -0.15) is 0 Å². The molecule has 3 aromatic rings. The Hall–Kier alpha value is -2.47. The molecule has 2 aromatic heterocycles. The fourth-order valence-corrected chi connectivity index (χ4v) is 3.10. The maximum atomic E-state index is 12.4. The third-order valence-electron chi connectivity index (χ3n) is 3.76. The molecule has 0 saturated heterocycles. The SMILES string of the molecule is Cc1nc(C(=O)O[C@H](CCc2ccccc2)c2nccn2C)cs1. The average molecular weight is 341 g/mol. The fourth-order valence-electron chi connectivity index (χ4n) is 2.52. The zero-order valence-corrected chi connectivity index (χ0v) is 14.5. The summed E-state index contributed by atoms with van der Waals surface area (Å²) in [5, 5.41) is 2.57. The number of hydrogen-bond acceptors (Lipinski definition) is 5. The van der Waals surface area contributed by atoms with Gasteiger partial charge in [0.25, 0.3) is 0 Å². The van der Waals surface area contributed by atoms with E-state index in [1.807, 2.05) is 42.9 Å². The number of ether oxygens (including phenoxy) is 1. The Balaban J connectivity index is 1.75. The molecule has 0 bridgehead atoms. The van der Waals surface area contributed by atoms with E-state index in [4.69, 9.17) is 4.74 Å². The van der Waals surface area contributed by atoms with Crippen LogP contribution in [0.2, 0.25) is 0 Å². The van der Waals surface area contributed by atoms with Gasteiger partial charge in [-0.3, -0.25) is 0 Å². The molecule has 5 nitrogen and oxygen atoms in total. The van der Waals surface area contributed by atoms with Gasteiger partial charge in [0.1, 0.15) is 5.82 Å². The number of benzene rings is 1. The fraction of sp³-hybridized carbons (Fsp3) is 0.278. The summed E-state index contributed by atoms with van der Waals surface area (Å²) < 4.78 is 7.60. The second-order valence-electron chi connectivity index (χ2n) is 5.57. The number of carbonyl (C=O) groups is 1. The first kappa shape index (κ1) is 16.4. The van der Waals surface area contributed by atoms with Gasteiger partial charge in [0.05, 0.1) is 5.01 Å². The molecule has 0 radical (unpaired) electrons. The Bertz CT molecular complexity index is 811. The summed E-state index contributed by atoms with van der Waals surface area (Å²) in [5.74, 6) is 0.339. The number of thiazole rings is 1. The minimum Gasteiger partial charge on any atom is -0.449 e. The van der Waals surface area contributed by atoms with Gasteiger partial charge in [0.15, 0.2) is 11.8 Å². The van der Waals surface area contributed by atoms with E-state index < -0.39 is 12.1 Å². The molecule has 0 aliphatic carbocycles. The van der Waals surface area contributed by atoms with Gasteiger partial charge >= 0.3 is 5.97 Å². The van der Waals surface area contributed by atoms with Gasteiger partial charge in [0, 0.05) is 24.8 Å². The predicted octanol–water partition coefficient (Wildman–Crippen LogP) is 3.72. The monoisotopic (exact) mass is 341 g/mol. The van der Waals surface area contributed by atoms with Crippen LogP contribution in [-0.4, -0.2) is 20.5 Å². The topological polar surface area (TPSA) is 57.0 Å². The van der Waals surface area contributed by atoms with Crippen molar-refractivity contribution >= 4 is 17.3 Å². The maximum Gasteiger partial charge on any atom is 0.358 e. The largest absolute Gasteiger partial charge is 0.449 e. The van der Waals surface area contributed by atoms with E-state index in [0.29, 0.717) is 12.1 Å². The van der Waals surface area contributed by atoms with Crippen LogP contribution in [0.4, 0.5) is 0 Å². The molecule has 0 aliphatic heterocycles. The molecular formula is C18H19N3O2S. The number of esters is 1. The van der Waals surface area contributed by atoms with Gasteiger partial charge in [0.2, 0.25) is 0 Å². The van der Waals surface area contributed by atoms with E-state index in [2.05, 4.69) is 22.1 Å². The predicted molar refractivity (Wildman–Crippen MR) is 93.0 cm³/mol. The highest BCUT2D eigenvalue weighted by Gasteiger charge is 2.22. The summed E-state index contributed by atoms with van der Waals surface area (Å²) >= 11 is 1.44. The molecule has 1 atom stereocenters.